The van der Waals surface area contributed by atoms with Crippen molar-refractivity contribution in [2.45, 2.75) is 0 Å². The Labute approximate surface area is 64.8 Å². The number of hydrogen-bond acceptors (Lipinski definition) is 2. The molecule has 0 aliphatic carbocycles. The van der Waals surface area contributed by atoms with Gasteiger partial charge in [0.1, 0.15) is 6.07 Å². The second-order valence-electron chi connectivity index (χ2n) is 2.14. The first-order valence-corrected chi connectivity index (χ1v) is 3.58. The molecule has 3 heteroatoms. The van der Waals surface area contributed by atoms with Crippen LogP contribution in [-0.2, 0) is 0 Å². The third-order valence-electron chi connectivity index (χ3n) is 1.31. The van der Waals surface area contributed by atoms with E-state index < -0.39 is 0 Å². The summed E-state index contributed by atoms with van der Waals surface area (Å²) in [5.41, 5.74) is 0.622. The first kappa shape index (κ1) is 7.30. The van der Waals surface area contributed by atoms with E-state index in [1.165, 1.54) is 0 Å². The molecule has 0 saturated carbocycles. The molecule has 1 aliphatic rings. The van der Waals surface area contributed by atoms with Crippen molar-refractivity contribution < 1.29 is 0 Å². The summed E-state index contributed by atoms with van der Waals surface area (Å²) < 4.78 is 0. The summed E-state index contributed by atoms with van der Waals surface area (Å²) in [6.07, 6.45) is 3.45. The van der Waals surface area contributed by atoms with Gasteiger partial charge >= 0.3 is 0 Å². The smallest absolute Gasteiger partial charge is 0.100 e. The van der Waals surface area contributed by atoms with E-state index in [1.807, 2.05) is 12.1 Å². The molecule has 0 aromatic heterocycles. The first-order chi connectivity index (χ1) is 4.86. The predicted molar refractivity (Wildman–Crippen MR) is 41.3 cm³/mol. The highest BCUT2D eigenvalue weighted by atomic mass is 35.5. The van der Waals surface area contributed by atoms with Crippen molar-refractivity contribution in [3.05, 3.63) is 11.6 Å². The molecule has 0 radical (unpaired) electrons. The van der Waals surface area contributed by atoms with Gasteiger partial charge in [0.25, 0.3) is 0 Å². The Morgan fingerprint density at radius 2 is 2.70 bits per heavy atom. The van der Waals surface area contributed by atoms with Crippen LogP contribution in [0.4, 0.5) is 0 Å². The highest BCUT2D eigenvalue weighted by Crippen LogP contribution is 2.09. The van der Waals surface area contributed by atoms with Gasteiger partial charge in [-0.3, -0.25) is 4.99 Å². The van der Waals surface area contributed by atoms with E-state index in [0.717, 1.165) is 0 Å². The number of rotatable bonds is 1. The number of aliphatic imine (C=N–C) groups is 1. The van der Waals surface area contributed by atoms with Crippen LogP contribution in [0.3, 0.4) is 0 Å². The molecule has 52 valence electrons. The molecule has 1 rings (SSSR count). The van der Waals surface area contributed by atoms with E-state index in [9.17, 15) is 0 Å². The Kier molecular flexibility index (Phi) is 2.47. The fourth-order valence-electron chi connectivity index (χ4n) is 0.796. The van der Waals surface area contributed by atoms with E-state index in [4.69, 9.17) is 16.9 Å². The molecule has 1 atom stereocenters. The summed E-state index contributed by atoms with van der Waals surface area (Å²) in [6, 6.07) is 2.02. The maximum absolute atomic E-state index is 8.45. The maximum Gasteiger partial charge on any atom is 0.100 e. The van der Waals surface area contributed by atoms with Crippen molar-refractivity contribution in [3.63, 3.8) is 0 Å². The van der Waals surface area contributed by atoms with Crippen molar-refractivity contribution in [3.8, 4) is 6.07 Å². The Hall–Kier alpha value is -0.810. The van der Waals surface area contributed by atoms with Crippen LogP contribution in [0.2, 0.25) is 0 Å². The van der Waals surface area contributed by atoms with Gasteiger partial charge in [0, 0.05) is 24.6 Å². The van der Waals surface area contributed by atoms with Crippen LogP contribution < -0.4 is 0 Å². The monoisotopic (exact) mass is 154 g/mol. The molecule has 10 heavy (non-hydrogen) atoms. The zero-order valence-corrected chi connectivity index (χ0v) is 6.17. The molecular weight excluding hydrogens is 148 g/mol. The lowest BCUT2D eigenvalue weighted by Gasteiger charge is -2.08. The van der Waals surface area contributed by atoms with Crippen molar-refractivity contribution >= 4 is 17.8 Å². The van der Waals surface area contributed by atoms with E-state index in [0.29, 0.717) is 18.0 Å². The van der Waals surface area contributed by atoms with Crippen LogP contribution in [0, 0.1) is 17.2 Å². The zero-order chi connectivity index (χ0) is 7.40. The Bertz CT molecular complexity index is 212. The van der Waals surface area contributed by atoms with Gasteiger partial charge in [-0.2, -0.15) is 5.26 Å². The summed E-state index contributed by atoms with van der Waals surface area (Å²) in [4.78, 5) is 3.98. The molecule has 0 amide bonds. The van der Waals surface area contributed by atoms with Crippen molar-refractivity contribution in [2.24, 2.45) is 10.9 Å². The minimum atomic E-state index is 0.251. The van der Waals surface area contributed by atoms with Gasteiger partial charge in [0.2, 0.25) is 0 Å². The third kappa shape index (κ3) is 1.58. The molecular formula is C7H7ClN2. The van der Waals surface area contributed by atoms with Gasteiger partial charge in [-0.15, -0.1) is 11.6 Å². The predicted octanol–water partition coefficient (Wildman–Crippen LogP) is 1.38. The van der Waals surface area contributed by atoms with Crippen LogP contribution in [0.25, 0.3) is 0 Å². The molecule has 0 aromatic rings. The highest BCUT2D eigenvalue weighted by molar-refractivity contribution is 6.18. The van der Waals surface area contributed by atoms with Gasteiger partial charge in [0.05, 0.1) is 5.57 Å². The fraction of sp³-hybridized carbons (Fsp3) is 0.429. The molecule has 0 N–H and O–H groups in total. The number of nitrogens with zero attached hydrogens (tertiary/aromatic N) is 2. The number of alkyl halides is 1. The number of allylic oxidation sites excluding steroid dienone is 1. The van der Waals surface area contributed by atoms with Crippen LogP contribution in [-0.4, -0.2) is 18.6 Å². The Balaban J connectivity index is 2.67. The van der Waals surface area contributed by atoms with Crippen molar-refractivity contribution in [2.75, 3.05) is 12.4 Å². The van der Waals surface area contributed by atoms with E-state index in [-0.39, 0.29) is 5.92 Å². The second-order valence-corrected chi connectivity index (χ2v) is 2.45. The molecule has 0 fully saturated rings. The van der Waals surface area contributed by atoms with Gasteiger partial charge in [-0.1, -0.05) is 6.08 Å². The lowest BCUT2D eigenvalue weighted by atomic mass is 10.1. The summed E-state index contributed by atoms with van der Waals surface area (Å²) >= 11 is 5.57. The lowest BCUT2D eigenvalue weighted by Crippen LogP contribution is -2.08. The minimum absolute atomic E-state index is 0.251. The van der Waals surface area contributed by atoms with Gasteiger partial charge < -0.3 is 0 Å². The van der Waals surface area contributed by atoms with Crippen molar-refractivity contribution in [1.82, 2.24) is 0 Å². The van der Waals surface area contributed by atoms with E-state index >= 15 is 0 Å². The topological polar surface area (TPSA) is 36.1 Å². The van der Waals surface area contributed by atoms with E-state index in [2.05, 4.69) is 4.99 Å². The lowest BCUT2D eigenvalue weighted by molar-refractivity contribution is 0.741. The van der Waals surface area contributed by atoms with Crippen LogP contribution in [0.15, 0.2) is 16.6 Å². The molecule has 2 nitrogen and oxygen atoms in total. The SMILES string of the molecule is N#CC1=CC(CCl)CN=C1. The van der Waals surface area contributed by atoms with E-state index in [1.54, 1.807) is 6.21 Å². The second kappa shape index (κ2) is 3.38. The van der Waals surface area contributed by atoms with Crippen molar-refractivity contribution in [1.29, 1.82) is 5.26 Å². The molecule has 0 saturated heterocycles. The van der Waals surface area contributed by atoms with Crippen LogP contribution >= 0.6 is 11.6 Å². The summed E-state index contributed by atoms with van der Waals surface area (Å²) in [5.74, 6) is 0.795. The highest BCUT2D eigenvalue weighted by Gasteiger charge is 2.07. The number of halogens is 1. The Morgan fingerprint density at radius 3 is 3.30 bits per heavy atom. The first-order valence-electron chi connectivity index (χ1n) is 3.04. The molecule has 0 spiro atoms. The number of nitriles is 1. The quantitative estimate of drug-likeness (QED) is 0.526. The minimum Gasteiger partial charge on any atom is -0.291 e. The molecule has 0 aromatic carbocycles. The molecule has 0 bridgehead atoms. The summed E-state index contributed by atoms with van der Waals surface area (Å²) in [5, 5.41) is 8.45. The normalized spacial score (nSPS) is 23.6. The standard InChI is InChI=1S/C7H7ClN2/c8-2-6-1-7(3-9)5-10-4-6/h1,5-6H,2,4H2. The van der Waals surface area contributed by atoms with Gasteiger partial charge in [0.15, 0.2) is 0 Å². The average Bonchev–Trinajstić information content (AvgIpc) is 2.05. The largest absolute Gasteiger partial charge is 0.291 e. The molecule has 1 heterocycles. The van der Waals surface area contributed by atoms with Gasteiger partial charge in [-0.25, -0.2) is 0 Å². The number of hydrogen-bond donors (Lipinski definition) is 0. The van der Waals surface area contributed by atoms with Crippen LogP contribution in [0.5, 0.6) is 0 Å². The average molecular weight is 155 g/mol. The Morgan fingerprint density at radius 1 is 1.90 bits per heavy atom. The number of dihydropyridines is 1. The summed E-state index contributed by atoms with van der Waals surface area (Å²) in [6.45, 7) is 0.717. The fourth-order valence-corrected chi connectivity index (χ4v) is 0.982. The molecule has 1 aliphatic heterocycles. The maximum atomic E-state index is 8.45. The third-order valence-corrected chi connectivity index (χ3v) is 1.71. The van der Waals surface area contributed by atoms with Crippen LogP contribution in [0.1, 0.15) is 0 Å². The zero-order valence-electron chi connectivity index (χ0n) is 5.42. The van der Waals surface area contributed by atoms with Gasteiger partial charge in [-0.05, 0) is 0 Å². The summed E-state index contributed by atoms with van der Waals surface area (Å²) in [7, 11) is 0. The molecule has 1 unspecified atom stereocenters.